The predicted octanol–water partition coefficient (Wildman–Crippen LogP) is 2.87. The Morgan fingerprint density at radius 3 is 3.00 bits per heavy atom. The Hall–Kier alpha value is -0.730. The maximum absolute atomic E-state index is 5.81. The lowest BCUT2D eigenvalue weighted by Gasteiger charge is -1.89. The van der Waals surface area contributed by atoms with Crippen molar-refractivity contribution in [1.82, 2.24) is 9.97 Å². The Bertz CT molecular complexity index is 394. The predicted molar refractivity (Wildman–Crippen MR) is 46.1 cm³/mol. The van der Waals surface area contributed by atoms with E-state index in [2.05, 4.69) is 9.97 Å². The Balaban J connectivity index is 2.87. The molecule has 0 aliphatic rings. The average molecular weight is 187 g/mol. The van der Waals surface area contributed by atoms with Crippen molar-refractivity contribution in [3.8, 4) is 0 Å². The van der Waals surface area contributed by atoms with Crippen LogP contribution in [-0.2, 0) is 0 Å². The number of pyridine rings is 1. The van der Waals surface area contributed by atoms with E-state index in [-0.39, 0.29) is 0 Å². The van der Waals surface area contributed by atoms with Crippen molar-refractivity contribution < 1.29 is 0 Å². The Morgan fingerprint density at radius 1 is 1.36 bits per heavy atom. The fourth-order valence-corrected chi connectivity index (χ4v) is 1.30. The van der Waals surface area contributed by atoms with Crippen molar-refractivity contribution in [2.45, 2.75) is 0 Å². The Morgan fingerprint density at radius 2 is 2.18 bits per heavy atom. The van der Waals surface area contributed by atoms with Crippen LogP contribution in [0, 0.1) is 0 Å². The van der Waals surface area contributed by atoms with Gasteiger partial charge in [0.2, 0.25) is 0 Å². The molecule has 11 heavy (non-hydrogen) atoms. The number of rotatable bonds is 0. The van der Waals surface area contributed by atoms with Crippen LogP contribution in [0.1, 0.15) is 0 Å². The van der Waals surface area contributed by atoms with Crippen LogP contribution >= 0.6 is 23.2 Å². The van der Waals surface area contributed by atoms with Gasteiger partial charge in [0.25, 0.3) is 0 Å². The number of hydrogen-bond acceptors (Lipinski definition) is 1. The normalized spacial score (nSPS) is 10.7. The van der Waals surface area contributed by atoms with Crippen molar-refractivity contribution in [2.24, 2.45) is 0 Å². The summed E-state index contributed by atoms with van der Waals surface area (Å²) < 4.78 is 0. The molecule has 0 atom stereocenters. The van der Waals surface area contributed by atoms with E-state index in [1.807, 2.05) is 0 Å². The summed E-state index contributed by atoms with van der Waals surface area (Å²) in [6, 6.07) is 1.78. The highest BCUT2D eigenvalue weighted by atomic mass is 35.5. The van der Waals surface area contributed by atoms with Crippen LogP contribution in [0.15, 0.2) is 18.5 Å². The first-order valence-electron chi connectivity index (χ1n) is 3.05. The molecule has 2 heterocycles. The molecule has 0 unspecified atom stereocenters. The number of hydrogen-bond donors (Lipinski definition) is 1. The fraction of sp³-hybridized carbons (Fsp3) is 0. The summed E-state index contributed by atoms with van der Waals surface area (Å²) in [6.07, 6.45) is 3.27. The second-order valence-corrected chi connectivity index (χ2v) is 3.03. The van der Waals surface area contributed by atoms with Crippen LogP contribution in [0.2, 0.25) is 10.0 Å². The van der Waals surface area contributed by atoms with Gasteiger partial charge in [0.15, 0.2) is 0 Å². The first-order chi connectivity index (χ1) is 5.27. The van der Waals surface area contributed by atoms with Crippen molar-refractivity contribution in [1.29, 1.82) is 0 Å². The molecule has 0 saturated carbocycles. The minimum Gasteiger partial charge on any atom is -0.345 e. The van der Waals surface area contributed by atoms with Crippen LogP contribution < -0.4 is 0 Å². The first-order valence-corrected chi connectivity index (χ1v) is 3.81. The van der Waals surface area contributed by atoms with Crippen molar-refractivity contribution in [3.05, 3.63) is 28.5 Å². The molecule has 56 valence electrons. The van der Waals surface area contributed by atoms with Gasteiger partial charge >= 0.3 is 0 Å². The topological polar surface area (TPSA) is 28.7 Å². The molecule has 0 amide bonds. The lowest BCUT2D eigenvalue weighted by atomic mass is 10.3. The van der Waals surface area contributed by atoms with E-state index in [0.29, 0.717) is 10.0 Å². The van der Waals surface area contributed by atoms with E-state index in [1.165, 1.54) is 0 Å². The van der Waals surface area contributed by atoms with Gasteiger partial charge in [0, 0.05) is 17.8 Å². The zero-order valence-electron chi connectivity index (χ0n) is 5.44. The second kappa shape index (κ2) is 2.40. The van der Waals surface area contributed by atoms with Gasteiger partial charge in [-0.15, -0.1) is 0 Å². The number of nitrogens with one attached hydrogen (secondary N) is 1. The number of fused-ring (bicyclic) bond motifs is 1. The molecule has 0 bridgehead atoms. The molecule has 0 spiro atoms. The van der Waals surface area contributed by atoms with Crippen LogP contribution in [0.25, 0.3) is 11.0 Å². The molecule has 2 nitrogen and oxygen atoms in total. The SMILES string of the molecule is Clc1cnc2[nH]cc(Cl)c2c1. The maximum atomic E-state index is 5.81. The molecule has 4 heteroatoms. The largest absolute Gasteiger partial charge is 0.345 e. The molecule has 2 rings (SSSR count). The number of H-pyrrole nitrogens is 1. The molecule has 0 aliphatic heterocycles. The fourth-order valence-electron chi connectivity index (χ4n) is 0.946. The van der Waals surface area contributed by atoms with Gasteiger partial charge < -0.3 is 4.98 Å². The molecule has 2 aromatic rings. The van der Waals surface area contributed by atoms with Crippen LogP contribution in [0.3, 0.4) is 0 Å². The number of halogens is 2. The maximum Gasteiger partial charge on any atom is 0.138 e. The van der Waals surface area contributed by atoms with Crippen LogP contribution in [0.5, 0.6) is 0 Å². The first kappa shape index (κ1) is 6.95. The van der Waals surface area contributed by atoms with Gasteiger partial charge in [-0.2, -0.15) is 0 Å². The number of aromatic nitrogens is 2. The Labute approximate surface area is 73.1 Å². The quantitative estimate of drug-likeness (QED) is 0.674. The van der Waals surface area contributed by atoms with Gasteiger partial charge in [-0.3, -0.25) is 0 Å². The monoisotopic (exact) mass is 186 g/mol. The standard InChI is InChI=1S/C7H4Cl2N2/c8-4-1-5-6(9)3-11-7(5)10-2-4/h1-3H,(H,10,11). The lowest BCUT2D eigenvalue weighted by Crippen LogP contribution is -1.73. The average Bonchev–Trinajstić information content (AvgIpc) is 2.33. The molecular formula is C7H4Cl2N2. The minimum absolute atomic E-state index is 0.596. The zero-order chi connectivity index (χ0) is 7.84. The van der Waals surface area contributed by atoms with Crippen LogP contribution in [-0.4, -0.2) is 9.97 Å². The molecule has 0 radical (unpaired) electrons. The van der Waals surface area contributed by atoms with E-state index in [4.69, 9.17) is 23.2 Å². The van der Waals surface area contributed by atoms with E-state index in [1.54, 1.807) is 18.5 Å². The van der Waals surface area contributed by atoms with E-state index >= 15 is 0 Å². The minimum atomic E-state index is 0.596. The molecular weight excluding hydrogens is 183 g/mol. The van der Waals surface area contributed by atoms with E-state index < -0.39 is 0 Å². The zero-order valence-corrected chi connectivity index (χ0v) is 6.95. The highest BCUT2D eigenvalue weighted by molar-refractivity contribution is 6.36. The third-order valence-corrected chi connectivity index (χ3v) is 1.97. The smallest absolute Gasteiger partial charge is 0.138 e. The third kappa shape index (κ3) is 1.08. The summed E-state index contributed by atoms with van der Waals surface area (Å²) in [4.78, 5) is 6.94. The Kier molecular flexibility index (Phi) is 1.51. The van der Waals surface area contributed by atoms with Crippen molar-refractivity contribution in [3.63, 3.8) is 0 Å². The number of nitrogens with zero attached hydrogens (tertiary/aromatic N) is 1. The van der Waals surface area contributed by atoms with Gasteiger partial charge in [-0.1, -0.05) is 23.2 Å². The molecule has 0 aromatic carbocycles. The summed E-state index contributed by atoms with van der Waals surface area (Å²) in [7, 11) is 0. The van der Waals surface area contributed by atoms with Gasteiger partial charge in [-0.25, -0.2) is 4.98 Å². The van der Waals surface area contributed by atoms with Gasteiger partial charge in [-0.05, 0) is 6.07 Å². The van der Waals surface area contributed by atoms with E-state index in [9.17, 15) is 0 Å². The molecule has 1 N–H and O–H groups in total. The molecule has 0 fully saturated rings. The lowest BCUT2D eigenvalue weighted by molar-refractivity contribution is 1.33. The second-order valence-electron chi connectivity index (χ2n) is 2.19. The third-order valence-electron chi connectivity index (χ3n) is 1.45. The van der Waals surface area contributed by atoms with Crippen molar-refractivity contribution in [2.75, 3.05) is 0 Å². The summed E-state index contributed by atoms with van der Waals surface area (Å²) in [5.74, 6) is 0. The summed E-state index contributed by atoms with van der Waals surface area (Å²) in [5, 5.41) is 2.10. The molecule has 0 aliphatic carbocycles. The van der Waals surface area contributed by atoms with Crippen molar-refractivity contribution >= 4 is 34.2 Å². The molecule has 2 aromatic heterocycles. The highest BCUT2D eigenvalue weighted by Gasteiger charge is 2.01. The number of aromatic amines is 1. The van der Waals surface area contributed by atoms with Gasteiger partial charge in [0.05, 0.1) is 10.0 Å². The summed E-state index contributed by atoms with van der Waals surface area (Å²) >= 11 is 11.5. The van der Waals surface area contributed by atoms with Gasteiger partial charge in [0.1, 0.15) is 5.65 Å². The van der Waals surface area contributed by atoms with Crippen LogP contribution in [0.4, 0.5) is 0 Å². The summed E-state index contributed by atoms with van der Waals surface area (Å²) in [5.41, 5.74) is 0.763. The highest BCUT2D eigenvalue weighted by Crippen LogP contribution is 2.23. The summed E-state index contributed by atoms with van der Waals surface area (Å²) in [6.45, 7) is 0. The van der Waals surface area contributed by atoms with E-state index in [0.717, 1.165) is 11.0 Å². The molecule has 0 saturated heterocycles.